The first-order valence-electron chi connectivity index (χ1n) is 10.5. The molecule has 3 aliphatic carbocycles. The van der Waals surface area contributed by atoms with Crippen LogP contribution in [0.3, 0.4) is 0 Å². The second-order valence-electron chi connectivity index (χ2n) is 9.01. The summed E-state index contributed by atoms with van der Waals surface area (Å²) in [6.07, 6.45) is 4.22. The summed E-state index contributed by atoms with van der Waals surface area (Å²) in [4.78, 5) is 29.1. The predicted molar refractivity (Wildman–Crippen MR) is 112 cm³/mol. The van der Waals surface area contributed by atoms with Crippen molar-refractivity contribution in [3.63, 3.8) is 0 Å². The number of amides is 1. The first-order valence-corrected chi connectivity index (χ1v) is 10.8. The van der Waals surface area contributed by atoms with E-state index in [0.29, 0.717) is 31.1 Å². The van der Waals surface area contributed by atoms with E-state index in [-0.39, 0.29) is 46.1 Å². The van der Waals surface area contributed by atoms with Crippen molar-refractivity contribution in [2.45, 2.75) is 37.3 Å². The van der Waals surface area contributed by atoms with Crippen LogP contribution in [0, 0.1) is 11.2 Å². The molecule has 1 aromatic carbocycles. The summed E-state index contributed by atoms with van der Waals surface area (Å²) in [7, 11) is 0. The average Bonchev–Trinajstić information content (AvgIpc) is 2.69. The number of carbonyl (C=O) groups is 2. The summed E-state index contributed by atoms with van der Waals surface area (Å²) in [6.45, 7) is 1.00. The summed E-state index contributed by atoms with van der Waals surface area (Å²) >= 11 is 5.64. The standard InChI is InChI=1S/C23H22ClFN2O5/c24-18-3-2-16(5-19(18)25)31-8-15(28)6-22-11-23(12-22,13-22)27-21(29)14-1-4-20(26-7-14)32-17-9-30-10-17/h1-5,7,17H,6,8-13H2,(H,27,29). The van der Waals surface area contributed by atoms with Gasteiger partial charge < -0.3 is 19.5 Å². The van der Waals surface area contributed by atoms with E-state index in [1.807, 2.05) is 0 Å². The number of hydrogen-bond acceptors (Lipinski definition) is 6. The number of pyridine rings is 1. The molecule has 0 atom stereocenters. The van der Waals surface area contributed by atoms with Crippen molar-refractivity contribution in [3.8, 4) is 11.6 Å². The van der Waals surface area contributed by atoms with Crippen LogP contribution < -0.4 is 14.8 Å². The Hall–Kier alpha value is -2.71. The van der Waals surface area contributed by atoms with E-state index in [2.05, 4.69) is 10.3 Å². The third-order valence-corrected chi connectivity index (χ3v) is 6.58. The van der Waals surface area contributed by atoms with E-state index >= 15 is 0 Å². The van der Waals surface area contributed by atoms with Crippen LogP contribution in [0.5, 0.6) is 11.6 Å². The lowest BCUT2D eigenvalue weighted by atomic mass is 9.38. The fraction of sp³-hybridized carbons (Fsp3) is 0.435. The fourth-order valence-electron chi connectivity index (χ4n) is 4.87. The molecule has 0 spiro atoms. The van der Waals surface area contributed by atoms with Crippen LogP contribution in [0.25, 0.3) is 0 Å². The van der Waals surface area contributed by atoms with Gasteiger partial charge in [-0.1, -0.05) is 11.6 Å². The van der Waals surface area contributed by atoms with Gasteiger partial charge in [-0.15, -0.1) is 0 Å². The molecule has 1 saturated heterocycles. The van der Waals surface area contributed by atoms with Gasteiger partial charge in [0.05, 0.1) is 23.8 Å². The van der Waals surface area contributed by atoms with E-state index < -0.39 is 5.82 Å². The normalized spacial score (nSPS) is 25.7. The molecule has 2 aromatic rings. The molecule has 6 rings (SSSR count). The number of benzene rings is 1. The number of Topliss-reactive ketones (excluding diaryl/α,β-unsaturated/α-hetero) is 1. The Balaban J connectivity index is 1.06. The van der Waals surface area contributed by atoms with Crippen LogP contribution in [0.2, 0.25) is 5.02 Å². The zero-order valence-corrected chi connectivity index (χ0v) is 18.0. The number of aromatic nitrogens is 1. The topological polar surface area (TPSA) is 86.8 Å². The van der Waals surface area contributed by atoms with E-state index in [4.69, 9.17) is 25.8 Å². The number of ketones is 1. The predicted octanol–water partition coefficient (Wildman–Crippen LogP) is 3.34. The van der Waals surface area contributed by atoms with Gasteiger partial charge in [0.15, 0.2) is 5.78 Å². The minimum atomic E-state index is -0.584. The summed E-state index contributed by atoms with van der Waals surface area (Å²) in [5.41, 5.74) is 0.163. The van der Waals surface area contributed by atoms with Gasteiger partial charge in [0.25, 0.3) is 5.91 Å². The molecule has 1 amide bonds. The van der Waals surface area contributed by atoms with Gasteiger partial charge in [0.2, 0.25) is 5.88 Å². The maximum Gasteiger partial charge on any atom is 0.253 e. The van der Waals surface area contributed by atoms with Crippen LogP contribution in [0.15, 0.2) is 36.5 Å². The van der Waals surface area contributed by atoms with Crippen molar-refractivity contribution in [2.75, 3.05) is 19.8 Å². The number of hydrogen-bond donors (Lipinski definition) is 1. The highest BCUT2D eigenvalue weighted by molar-refractivity contribution is 6.30. The number of halogens is 2. The summed E-state index contributed by atoms with van der Waals surface area (Å²) in [5.74, 6) is -0.0616. The van der Waals surface area contributed by atoms with Crippen LogP contribution in [0.4, 0.5) is 4.39 Å². The van der Waals surface area contributed by atoms with E-state index in [1.54, 1.807) is 12.1 Å². The molecule has 0 radical (unpaired) electrons. The molecule has 4 aliphatic rings. The molecule has 2 bridgehead atoms. The molecule has 168 valence electrons. The van der Waals surface area contributed by atoms with Gasteiger partial charge in [0.1, 0.15) is 24.3 Å². The first-order chi connectivity index (χ1) is 15.3. The summed E-state index contributed by atoms with van der Waals surface area (Å²) < 4.78 is 29.5. The molecular formula is C23H22ClFN2O5. The Morgan fingerprint density at radius 2 is 2.00 bits per heavy atom. The molecule has 32 heavy (non-hydrogen) atoms. The smallest absolute Gasteiger partial charge is 0.253 e. The molecule has 2 heterocycles. The number of nitrogens with zero attached hydrogens (tertiary/aromatic N) is 1. The third-order valence-electron chi connectivity index (χ3n) is 6.28. The SMILES string of the molecule is O=C(COc1ccc(Cl)c(F)c1)CC12CC(NC(=O)c3ccc(OC4COC4)nc3)(C1)C2. The van der Waals surface area contributed by atoms with Gasteiger partial charge in [-0.3, -0.25) is 9.59 Å². The first kappa shape index (κ1) is 21.2. The van der Waals surface area contributed by atoms with Crippen molar-refractivity contribution < 1.29 is 28.2 Å². The third kappa shape index (κ3) is 4.17. The van der Waals surface area contributed by atoms with E-state index in [9.17, 15) is 14.0 Å². The number of carbonyl (C=O) groups excluding carboxylic acids is 2. The van der Waals surface area contributed by atoms with Gasteiger partial charge in [-0.25, -0.2) is 9.37 Å². The Labute approximate surface area is 189 Å². The molecule has 4 fully saturated rings. The van der Waals surface area contributed by atoms with Gasteiger partial charge in [-0.2, -0.15) is 0 Å². The molecule has 1 aromatic heterocycles. The molecule has 3 saturated carbocycles. The highest BCUT2D eigenvalue weighted by Crippen LogP contribution is 2.69. The Morgan fingerprint density at radius 3 is 2.62 bits per heavy atom. The van der Waals surface area contributed by atoms with E-state index in [1.165, 1.54) is 18.3 Å². The fourth-order valence-corrected chi connectivity index (χ4v) is 4.99. The number of ether oxygens (including phenoxy) is 3. The molecule has 1 aliphatic heterocycles. The average molecular weight is 461 g/mol. The zero-order valence-electron chi connectivity index (χ0n) is 17.2. The lowest BCUT2D eigenvalue weighted by Crippen LogP contribution is -2.75. The van der Waals surface area contributed by atoms with Crippen molar-refractivity contribution in [3.05, 3.63) is 52.9 Å². The van der Waals surface area contributed by atoms with Crippen LogP contribution in [-0.2, 0) is 9.53 Å². The van der Waals surface area contributed by atoms with Crippen LogP contribution >= 0.6 is 11.6 Å². The van der Waals surface area contributed by atoms with E-state index in [0.717, 1.165) is 25.3 Å². The summed E-state index contributed by atoms with van der Waals surface area (Å²) in [6, 6.07) is 7.46. The van der Waals surface area contributed by atoms with Crippen molar-refractivity contribution >= 4 is 23.3 Å². The van der Waals surface area contributed by atoms with Crippen molar-refractivity contribution in [2.24, 2.45) is 5.41 Å². The molecule has 0 unspecified atom stereocenters. The molecule has 7 nitrogen and oxygen atoms in total. The number of nitrogens with one attached hydrogen (secondary N) is 1. The number of rotatable bonds is 9. The maximum absolute atomic E-state index is 13.5. The Bertz CT molecular complexity index is 1040. The second kappa shape index (κ2) is 8.01. The van der Waals surface area contributed by atoms with Gasteiger partial charge >= 0.3 is 0 Å². The molecular weight excluding hydrogens is 439 g/mol. The van der Waals surface area contributed by atoms with Gasteiger partial charge in [0, 0.05) is 30.3 Å². The quantitative estimate of drug-likeness (QED) is 0.617. The minimum Gasteiger partial charge on any atom is -0.486 e. The van der Waals surface area contributed by atoms with Crippen molar-refractivity contribution in [1.82, 2.24) is 10.3 Å². The van der Waals surface area contributed by atoms with Gasteiger partial charge in [-0.05, 0) is 42.9 Å². The Kier molecular flexibility index (Phi) is 5.29. The van der Waals surface area contributed by atoms with Crippen LogP contribution in [-0.4, -0.2) is 48.1 Å². The highest BCUT2D eigenvalue weighted by Gasteiger charge is 2.68. The van der Waals surface area contributed by atoms with Crippen molar-refractivity contribution in [1.29, 1.82) is 0 Å². The second-order valence-corrected chi connectivity index (χ2v) is 9.41. The molecule has 1 N–H and O–H groups in total. The van der Waals surface area contributed by atoms with Crippen LogP contribution in [0.1, 0.15) is 36.0 Å². The monoisotopic (exact) mass is 460 g/mol. The highest BCUT2D eigenvalue weighted by atomic mass is 35.5. The minimum absolute atomic E-state index is 0.00807. The Morgan fingerprint density at radius 1 is 1.22 bits per heavy atom. The lowest BCUT2D eigenvalue weighted by molar-refractivity contribution is -0.162. The maximum atomic E-state index is 13.5. The molecule has 9 heteroatoms. The summed E-state index contributed by atoms with van der Waals surface area (Å²) in [5, 5.41) is 3.10. The largest absolute Gasteiger partial charge is 0.486 e. The zero-order chi connectivity index (χ0) is 22.3. The lowest BCUT2D eigenvalue weighted by Gasteiger charge is -2.70.